The Balaban J connectivity index is 2.33. The molecule has 0 radical (unpaired) electrons. The summed E-state index contributed by atoms with van der Waals surface area (Å²) in [6.07, 6.45) is 1.78. The number of halogens is 1. The molecule has 0 saturated carbocycles. The fraction of sp³-hybridized carbons (Fsp3) is 0.250. The van der Waals surface area contributed by atoms with E-state index in [-0.39, 0.29) is 5.38 Å². The highest BCUT2D eigenvalue weighted by Crippen LogP contribution is 2.21. The molecule has 1 heterocycles. The summed E-state index contributed by atoms with van der Waals surface area (Å²) in [5.41, 5.74) is 3.28. The van der Waals surface area contributed by atoms with E-state index in [1.807, 2.05) is 6.92 Å². The second-order valence-corrected chi connectivity index (χ2v) is 4.32. The van der Waals surface area contributed by atoms with Gasteiger partial charge in [-0.05, 0) is 13.8 Å². The molecular weight excluding hydrogens is 208 g/mol. The predicted octanol–water partition coefficient (Wildman–Crippen LogP) is 3.68. The molecule has 0 aliphatic rings. The highest BCUT2D eigenvalue weighted by Gasteiger charge is 2.06. The highest BCUT2D eigenvalue weighted by molar-refractivity contribution is 6.20. The van der Waals surface area contributed by atoms with Crippen molar-refractivity contribution in [2.45, 2.75) is 19.2 Å². The normalized spacial score (nSPS) is 12.7. The number of aryl methyl sites for hydroxylation is 1. The fourth-order valence-corrected chi connectivity index (χ4v) is 1.51. The van der Waals surface area contributed by atoms with Gasteiger partial charge in [0.15, 0.2) is 0 Å². The summed E-state index contributed by atoms with van der Waals surface area (Å²) in [6.45, 7) is 3.99. The van der Waals surface area contributed by atoms with Crippen LogP contribution in [0.25, 0.3) is 11.4 Å². The quantitative estimate of drug-likeness (QED) is 0.769. The number of nitrogens with zero attached hydrogens (tertiary/aromatic N) is 1. The molecule has 3 heteroatoms. The van der Waals surface area contributed by atoms with Crippen molar-refractivity contribution in [2.24, 2.45) is 0 Å². The van der Waals surface area contributed by atoms with Gasteiger partial charge in [-0.25, -0.2) is 4.98 Å². The number of rotatable bonds is 2. The smallest absolute Gasteiger partial charge is 0.137 e. The van der Waals surface area contributed by atoms with E-state index in [1.54, 1.807) is 6.20 Å². The largest absolute Gasteiger partial charge is 0.341 e. The van der Waals surface area contributed by atoms with Crippen molar-refractivity contribution in [2.75, 3.05) is 0 Å². The van der Waals surface area contributed by atoms with Gasteiger partial charge in [0.2, 0.25) is 0 Å². The van der Waals surface area contributed by atoms with Crippen molar-refractivity contribution < 1.29 is 0 Å². The molecule has 2 aromatic rings. The molecular formula is C12H13ClN2. The van der Waals surface area contributed by atoms with Gasteiger partial charge in [0.05, 0.1) is 17.3 Å². The lowest BCUT2D eigenvalue weighted by molar-refractivity contribution is 1.02. The Bertz CT molecular complexity index is 443. The molecule has 1 aromatic heterocycles. The Labute approximate surface area is 94.3 Å². The van der Waals surface area contributed by atoms with Crippen LogP contribution in [0.4, 0.5) is 0 Å². The average Bonchev–Trinajstić information content (AvgIpc) is 2.68. The van der Waals surface area contributed by atoms with Crippen LogP contribution in [0.2, 0.25) is 0 Å². The van der Waals surface area contributed by atoms with Gasteiger partial charge in [0, 0.05) is 5.56 Å². The molecule has 2 nitrogen and oxygen atoms in total. The van der Waals surface area contributed by atoms with Gasteiger partial charge >= 0.3 is 0 Å². The summed E-state index contributed by atoms with van der Waals surface area (Å²) in [4.78, 5) is 7.50. The van der Waals surface area contributed by atoms with Gasteiger partial charge in [0.25, 0.3) is 0 Å². The zero-order valence-corrected chi connectivity index (χ0v) is 9.55. The lowest BCUT2D eigenvalue weighted by Gasteiger charge is -1.99. The molecule has 1 unspecified atom stereocenters. The summed E-state index contributed by atoms with van der Waals surface area (Å²) in [7, 11) is 0. The molecule has 0 saturated heterocycles. The maximum atomic E-state index is 5.96. The molecule has 15 heavy (non-hydrogen) atoms. The van der Waals surface area contributed by atoms with Crippen LogP contribution in [-0.2, 0) is 0 Å². The molecule has 2 rings (SSSR count). The number of alkyl halides is 1. The zero-order chi connectivity index (χ0) is 10.8. The Morgan fingerprint density at radius 1 is 1.27 bits per heavy atom. The molecule has 1 atom stereocenters. The molecule has 0 amide bonds. The van der Waals surface area contributed by atoms with E-state index < -0.39 is 0 Å². The second kappa shape index (κ2) is 4.07. The van der Waals surface area contributed by atoms with Gasteiger partial charge in [-0.3, -0.25) is 0 Å². The van der Waals surface area contributed by atoms with Crippen molar-refractivity contribution in [1.29, 1.82) is 0 Å². The van der Waals surface area contributed by atoms with E-state index in [0.717, 1.165) is 17.1 Å². The van der Waals surface area contributed by atoms with Crippen LogP contribution in [0.5, 0.6) is 0 Å². The Morgan fingerprint density at radius 2 is 1.93 bits per heavy atom. The van der Waals surface area contributed by atoms with Crippen molar-refractivity contribution in [3.05, 3.63) is 41.7 Å². The van der Waals surface area contributed by atoms with Gasteiger partial charge < -0.3 is 4.98 Å². The second-order valence-electron chi connectivity index (χ2n) is 3.67. The van der Waals surface area contributed by atoms with Crippen LogP contribution in [-0.4, -0.2) is 9.97 Å². The lowest BCUT2D eigenvalue weighted by atomic mass is 10.1. The topological polar surface area (TPSA) is 28.7 Å². The van der Waals surface area contributed by atoms with Crippen LogP contribution in [0.3, 0.4) is 0 Å². The summed E-state index contributed by atoms with van der Waals surface area (Å²) in [6, 6.07) is 8.25. The zero-order valence-electron chi connectivity index (χ0n) is 8.79. The van der Waals surface area contributed by atoms with Crippen LogP contribution in [0, 0.1) is 6.92 Å². The molecule has 0 bridgehead atoms. The molecule has 0 fully saturated rings. The van der Waals surface area contributed by atoms with Gasteiger partial charge in [-0.2, -0.15) is 0 Å². The van der Waals surface area contributed by atoms with E-state index in [0.29, 0.717) is 0 Å². The molecule has 78 valence electrons. The van der Waals surface area contributed by atoms with Gasteiger partial charge in [-0.15, -0.1) is 11.6 Å². The lowest BCUT2D eigenvalue weighted by Crippen LogP contribution is -1.84. The van der Waals surface area contributed by atoms with Crippen molar-refractivity contribution in [3.63, 3.8) is 0 Å². The first-order valence-electron chi connectivity index (χ1n) is 4.93. The van der Waals surface area contributed by atoms with Gasteiger partial charge in [0.1, 0.15) is 5.82 Å². The number of nitrogens with one attached hydrogen (secondary N) is 1. The minimum absolute atomic E-state index is 0.0308. The third-order valence-electron chi connectivity index (χ3n) is 2.35. The first-order chi connectivity index (χ1) is 7.16. The Kier molecular flexibility index (Phi) is 2.78. The summed E-state index contributed by atoms with van der Waals surface area (Å²) >= 11 is 5.96. The summed E-state index contributed by atoms with van der Waals surface area (Å²) < 4.78 is 0. The van der Waals surface area contributed by atoms with Gasteiger partial charge in [-0.1, -0.05) is 29.8 Å². The fourth-order valence-electron chi connectivity index (χ4n) is 1.40. The molecule has 0 aliphatic carbocycles. The van der Waals surface area contributed by atoms with Crippen LogP contribution in [0.15, 0.2) is 30.5 Å². The minimum atomic E-state index is -0.0308. The first kappa shape index (κ1) is 10.2. The molecule has 0 aliphatic heterocycles. The van der Waals surface area contributed by atoms with Crippen molar-refractivity contribution in [1.82, 2.24) is 9.97 Å². The number of hydrogen-bond acceptors (Lipinski definition) is 1. The summed E-state index contributed by atoms with van der Waals surface area (Å²) in [5.74, 6) is 0.873. The maximum absolute atomic E-state index is 5.96. The SMILES string of the molecule is Cc1ccc(-c2ncc(C(C)Cl)[nH]2)cc1. The van der Waals surface area contributed by atoms with E-state index in [4.69, 9.17) is 11.6 Å². The Morgan fingerprint density at radius 3 is 2.47 bits per heavy atom. The van der Waals surface area contributed by atoms with Crippen molar-refractivity contribution in [3.8, 4) is 11.4 Å². The number of aromatic amines is 1. The monoisotopic (exact) mass is 220 g/mol. The average molecular weight is 221 g/mol. The maximum Gasteiger partial charge on any atom is 0.137 e. The molecule has 1 aromatic carbocycles. The minimum Gasteiger partial charge on any atom is -0.341 e. The third kappa shape index (κ3) is 2.21. The number of aromatic nitrogens is 2. The van der Waals surface area contributed by atoms with E-state index >= 15 is 0 Å². The number of imidazole rings is 1. The van der Waals surface area contributed by atoms with Crippen LogP contribution >= 0.6 is 11.6 Å². The van der Waals surface area contributed by atoms with Crippen LogP contribution < -0.4 is 0 Å². The standard InChI is InChI=1S/C12H13ClN2/c1-8-3-5-10(6-4-8)12-14-7-11(15-12)9(2)13/h3-7,9H,1-2H3,(H,14,15). The van der Waals surface area contributed by atoms with E-state index in [9.17, 15) is 0 Å². The van der Waals surface area contributed by atoms with Crippen molar-refractivity contribution >= 4 is 11.6 Å². The molecule has 1 N–H and O–H groups in total. The van der Waals surface area contributed by atoms with Crippen LogP contribution in [0.1, 0.15) is 23.6 Å². The number of hydrogen-bond donors (Lipinski definition) is 1. The van der Waals surface area contributed by atoms with E-state index in [2.05, 4.69) is 41.2 Å². The Hall–Kier alpha value is -1.28. The predicted molar refractivity (Wildman–Crippen MR) is 63.0 cm³/mol. The molecule has 0 spiro atoms. The number of H-pyrrole nitrogens is 1. The highest BCUT2D eigenvalue weighted by atomic mass is 35.5. The third-order valence-corrected chi connectivity index (χ3v) is 2.58. The number of benzene rings is 1. The first-order valence-corrected chi connectivity index (χ1v) is 5.36. The van der Waals surface area contributed by atoms with E-state index in [1.165, 1.54) is 5.56 Å². The summed E-state index contributed by atoms with van der Waals surface area (Å²) in [5, 5.41) is -0.0308.